The zero-order valence-electron chi connectivity index (χ0n) is 13.6. The van der Waals surface area contributed by atoms with E-state index in [1.165, 1.54) is 0 Å². The van der Waals surface area contributed by atoms with Gasteiger partial charge in [-0.05, 0) is 44.0 Å². The number of ether oxygens (including phenoxy) is 1. The molecule has 2 rings (SSSR count). The van der Waals surface area contributed by atoms with Crippen molar-refractivity contribution >= 4 is 23.6 Å². The summed E-state index contributed by atoms with van der Waals surface area (Å²) in [6, 6.07) is 6.06. The van der Waals surface area contributed by atoms with Gasteiger partial charge in [0.25, 0.3) is 0 Å². The molecule has 130 valence electrons. The Balaban J connectivity index is 1.80. The summed E-state index contributed by atoms with van der Waals surface area (Å²) in [5.41, 5.74) is 8.99. The van der Waals surface area contributed by atoms with Crippen LogP contribution >= 0.6 is 0 Å². The normalized spacial score (nSPS) is 15.5. The third kappa shape index (κ3) is 4.95. The van der Waals surface area contributed by atoms with Crippen LogP contribution in [0.25, 0.3) is 0 Å². The standard InChI is InChI=1S/C16H22N4O4/c1-2-24-15(22)12-3-5-13(6-4-12)18-16(23)19-20-9-7-11(8-10-20)14(17)21/h3-6,11H,2,7-10H2,1H3,(H2,17,21)(H2,18,19,23). The molecule has 0 aliphatic carbocycles. The molecule has 0 bridgehead atoms. The molecule has 1 aliphatic rings. The molecule has 8 nitrogen and oxygen atoms in total. The number of carbonyl (C=O) groups is 3. The number of carbonyl (C=O) groups excluding carboxylic acids is 3. The third-order valence-corrected chi connectivity index (χ3v) is 3.81. The molecule has 0 spiro atoms. The van der Waals surface area contributed by atoms with Crippen molar-refractivity contribution in [3.05, 3.63) is 29.8 Å². The van der Waals surface area contributed by atoms with Crippen molar-refractivity contribution in [3.8, 4) is 0 Å². The third-order valence-electron chi connectivity index (χ3n) is 3.81. The summed E-state index contributed by atoms with van der Waals surface area (Å²) in [4.78, 5) is 34.6. The molecule has 1 heterocycles. The molecule has 0 atom stereocenters. The van der Waals surface area contributed by atoms with Gasteiger partial charge >= 0.3 is 12.0 Å². The van der Waals surface area contributed by atoms with Gasteiger partial charge in [-0.3, -0.25) is 10.2 Å². The average Bonchev–Trinajstić information content (AvgIpc) is 2.56. The van der Waals surface area contributed by atoms with Gasteiger partial charge in [0.05, 0.1) is 12.2 Å². The molecule has 1 aromatic rings. The fourth-order valence-corrected chi connectivity index (χ4v) is 2.48. The van der Waals surface area contributed by atoms with Crippen molar-refractivity contribution < 1.29 is 19.1 Å². The van der Waals surface area contributed by atoms with Crippen LogP contribution < -0.4 is 16.5 Å². The smallest absolute Gasteiger partial charge is 0.338 e. The maximum atomic E-state index is 12.0. The Morgan fingerprint density at radius 1 is 1.21 bits per heavy atom. The molecule has 8 heteroatoms. The van der Waals surface area contributed by atoms with Gasteiger partial charge < -0.3 is 15.8 Å². The van der Waals surface area contributed by atoms with Gasteiger partial charge in [-0.1, -0.05) is 0 Å². The summed E-state index contributed by atoms with van der Waals surface area (Å²) in [7, 11) is 0. The van der Waals surface area contributed by atoms with Gasteiger partial charge in [-0.15, -0.1) is 0 Å². The lowest BCUT2D eigenvalue weighted by Gasteiger charge is -2.30. The van der Waals surface area contributed by atoms with Gasteiger partial charge in [-0.2, -0.15) is 0 Å². The van der Waals surface area contributed by atoms with Gasteiger partial charge in [-0.25, -0.2) is 14.6 Å². The topological polar surface area (TPSA) is 114 Å². The first-order valence-corrected chi connectivity index (χ1v) is 7.88. The first-order valence-electron chi connectivity index (χ1n) is 7.88. The summed E-state index contributed by atoms with van der Waals surface area (Å²) < 4.78 is 4.90. The molecule has 0 aromatic heterocycles. The molecule has 3 amide bonds. The van der Waals surface area contributed by atoms with Crippen molar-refractivity contribution in [1.82, 2.24) is 10.4 Å². The molecule has 0 saturated carbocycles. The van der Waals surface area contributed by atoms with E-state index in [0.29, 0.717) is 43.8 Å². The number of nitrogens with one attached hydrogen (secondary N) is 2. The Bertz CT molecular complexity index is 595. The van der Waals surface area contributed by atoms with Gasteiger partial charge in [0.1, 0.15) is 0 Å². The van der Waals surface area contributed by atoms with E-state index in [0.717, 1.165) is 0 Å². The number of amides is 3. The van der Waals surface area contributed by atoms with E-state index >= 15 is 0 Å². The number of nitrogens with two attached hydrogens (primary N) is 1. The first kappa shape index (κ1) is 17.7. The van der Waals surface area contributed by atoms with Crippen molar-refractivity contribution in [1.29, 1.82) is 0 Å². The Kier molecular flexibility index (Phi) is 6.14. The van der Waals surface area contributed by atoms with Crippen LogP contribution in [0.3, 0.4) is 0 Å². The van der Waals surface area contributed by atoms with Crippen LogP contribution in [-0.4, -0.2) is 42.6 Å². The number of urea groups is 1. The molecular formula is C16H22N4O4. The van der Waals surface area contributed by atoms with E-state index in [1.54, 1.807) is 36.2 Å². The maximum Gasteiger partial charge on any atom is 0.338 e. The van der Waals surface area contributed by atoms with Crippen LogP contribution in [0.5, 0.6) is 0 Å². The fraction of sp³-hybridized carbons (Fsp3) is 0.438. The quantitative estimate of drug-likeness (QED) is 0.698. The number of primary amides is 1. The zero-order valence-corrected chi connectivity index (χ0v) is 13.6. The lowest BCUT2D eigenvalue weighted by Crippen LogP contribution is -2.49. The fourth-order valence-electron chi connectivity index (χ4n) is 2.48. The maximum absolute atomic E-state index is 12.0. The second-order valence-electron chi connectivity index (χ2n) is 5.53. The summed E-state index contributed by atoms with van der Waals surface area (Å²) in [5.74, 6) is -0.812. The number of hydrogen-bond donors (Lipinski definition) is 3. The van der Waals surface area contributed by atoms with Crippen molar-refractivity contribution in [2.45, 2.75) is 19.8 Å². The van der Waals surface area contributed by atoms with Crippen LogP contribution in [0.15, 0.2) is 24.3 Å². The minimum absolute atomic E-state index is 0.124. The van der Waals surface area contributed by atoms with E-state index in [4.69, 9.17) is 10.5 Å². The first-order chi connectivity index (χ1) is 11.5. The number of hydrogen-bond acceptors (Lipinski definition) is 5. The molecule has 1 aliphatic heterocycles. The molecule has 4 N–H and O–H groups in total. The highest BCUT2D eigenvalue weighted by Gasteiger charge is 2.23. The lowest BCUT2D eigenvalue weighted by molar-refractivity contribution is -0.123. The molecule has 0 unspecified atom stereocenters. The lowest BCUT2D eigenvalue weighted by atomic mass is 9.97. The van der Waals surface area contributed by atoms with E-state index in [1.807, 2.05) is 0 Å². The highest BCUT2D eigenvalue weighted by atomic mass is 16.5. The van der Waals surface area contributed by atoms with Crippen molar-refractivity contribution in [2.75, 3.05) is 25.0 Å². The molecule has 24 heavy (non-hydrogen) atoms. The van der Waals surface area contributed by atoms with Crippen molar-refractivity contribution in [3.63, 3.8) is 0 Å². The van der Waals surface area contributed by atoms with Crippen LogP contribution in [0.1, 0.15) is 30.1 Å². The summed E-state index contributed by atoms with van der Waals surface area (Å²) in [6.45, 7) is 3.20. The summed E-state index contributed by atoms with van der Waals surface area (Å²) >= 11 is 0. The monoisotopic (exact) mass is 334 g/mol. The Labute approximate surface area is 140 Å². The molecule has 1 aromatic carbocycles. The summed E-state index contributed by atoms with van der Waals surface area (Å²) in [5, 5.41) is 4.44. The van der Waals surface area contributed by atoms with Gasteiger partial charge in [0.15, 0.2) is 0 Å². The number of nitrogens with zero attached hydrogens (tertiary/aromatic N) is 1. The number of hydrazine groups is 1. The number of esters is 1. The predicted octanol–water partition coefficient (Wildman–Crippen LogP) is 1.10. The molecule has 1 saturated heterocycles. The summed E-state index contributed by atoms with van der Waals surface area (Å²) in [6.07, 6.45) is 1.26. The van der Waals surface area contributed by atoms with E-state index in [-0.39, 0.29) is 17.9 Å². The number of rotatable bonds is 5. The highest BCUT2D eigenvalue weighted by Crippen LogP contribution is 2.15. The SMILES string of the molecule is CCOC(=O)c1ccc(NC(=O)NN2CCC(C(N)=O)CC2)cc1. The number of benzene rings is 1. The highest BCUT2D eigenvalue weighted by molar-refractivity contribution is 5.92. The van der Waals surface area contributed by atoms with Crippen LogP contribution in [0, 0.1) is 5.92 Å². The van der Waals surface area contributed by atoms with E-state index < -0.39 is 5.97 Å². The minimum atomic E-state index is -0.397. The minimum Gasteiger partial charge on any atom is -0.462 e. The van der Waals surface area contributed by atoms with Crippen LogP contribution in [0.2, 0.25) is 0 Å². The Hall–Kier alpha value is -2.61. The van der Waals surface area contributed by atoms with Gasteiger partial charge in [0, 0.05) is 24.7 Å². The second kappa shape index (κ2) is 8.30. The Morgan fingerprint density at radius 3 is 2.38 bits per heavy atom. The number of piperidine rings is 1. The molecule has 0 radical (unpaired) electrons. The molecule has 1 fully saturated rings. The number of anilines is 1. The predicted molar refractivity (Wildman–Crippen MR) is 88.0 cm³/mol. The van der Waals surface area contributed by atoms with E-state index in [9.17, 15) is 14.4 Å². The van der Waals surface area contributed by atoms with Crippen LogP contribution in [0.4, 0.5) is 10.5 Å². The average molecular weight is 334 g/mol. The zero-order chi connectivity index (χ0) is 17.5. The largest absolute Gasteiger partial charge is 0.462 e. The van der Waals surface area contributed by atoms with Crippen molar-refractivity contribution in [2.24, 2.45) is 11.7 Å². The Morgan fingerprint density at radius 2 is 1.83 bits per heavy atom. The van der Waals surface area contributed by atoms with Crippen LogP contribution in [-0.2, 0) is 9.53 Å². The second-order valence-corrected chi connectivity index (χ2v) is 5.53. The van der Waals surface area contributed by atoms with E-state index in [2.05, 4.69) is 10.7 Å². The molecular weight excluding hydrogens is 312 g/mol. The van der Waals surface area contributed by atoms with Gasteiger partial charge in [0.2, 0.25) is 5.91 Å².